The van der Waals surface area contributed by atoms with Gasteiger partial charge in [-0.25, -0.2) is 9.51 Å². The largest absolute Gasteiger partial charge is 0.395 e. The zero-order valence-corrected chi connectivity index (χ0v) is 19.7. The van der Waals surface area contributed by atoms with Crippen LogP contribution in [0, 0.1) is 0 Å². The van der Waals surface area contributed by atoms with E-state index >= 15 is 0 Å². The minimum atomic E-state index is -0.0538. The van der Waals surface area contributed by atoms with E-state index in [1.807, 2.05) is 28.9 Å². The SMILES string of the molecule is CC1=C/C(=N\c2c(NCCC[N+]3(C)CCCCC3)nn3ccccc23)C(NCCO)=CC1=O. The number of likely N-dealkylation sites (tertiary alicyclic amines) is 1. The molecule has 3 heterocycles. The molecule has 0 bridgehead atoms. The summed E-state index contributed by atoms with van der Waals surface area (Å²) in [6.45, 7) is 6.64. The summed E-state index contributed by atoms with van der Waals surface area (Å²) in [5.74, 6) is 0.682. The van der Waals surface area contributed by atoms with Crippen LogP contribution < -0.4 is 10.6 Å². The van der Waals surface area contributed by atoms with E-state index in [0.29, 0.717) is 23.5 Å². The van der Waals surface area contributed by atoms with Crippen molar-refractivity contribution in [3.63, 3.8) is 0 Å². The monoisotopic (exact) mass is 451 g/mol. The number of carbonyl (C=O) groups is 1. The maximum atomic E-state index is 12.2. The number of nitrogens with one attached hydrogen (secondary N) is 2. The molecule has 0 spiro atoms. The van der Waals surface area contributed by atoms with Gasteiger partial charge < -0.3 is 20.2 Å². The summed E-state index contributed by atoms with van der Waals surface area (Å²) in [4.78, 5) is 17.1. The Kier molecular flexibility index (Phi) is 7.25. The molecule has 2 aliphatic rings. The van der Waals surface area contributed by atoms with Crippen LogP contribution in [0.3, 0.4) is 0 Å². The Morgan fingerprint density at radius 2 is 1.97 bits per heavy atom. The average molecular weight is 452 g/mol. The Morgan fingerprint density at radius 1 is 1.15 bits per heavy atom. The van der Waals surface area contributed by atoms with Crippen LogP contribution in [0.5, 0.6) is 0 Å². The number of hydrogen-bond acceptors (Lipinski definition) is 6. The van der Waals surface area contributed by atoms with Gasteiger partial charge in [-0.2, -0.15) is 0 Å². The standard InChI is InChI=1S/C25H34N6O2/c1-19-17-21(20(18-23(19)33)26-11-16-32)28-24-22-9-4-5-12-30(22)29-25(24)27-10-8-15-31(2)13-6-3-7-14-31/h4-5,9,12,17-18,32H,3,6-8,10-11,13-16H2,1-2H3,(H-,26,27,29,33)/p+1/b28-21+. The summed E-state index contributed by atoms with van der Waals surface area (Å²) in [7, 11) is 2.37. The fourth-order valence-electron chi connectivity index (χ4n) is 4.60. The zero-order chi connectivity index (χ0) is 23.3. The van der Waals surface area contributed by atoms with E-state index in [0.717, 1.165) is 41.0 Å². The molecule has 176 valence electrons. The lowest BCUT2D eigenvalue weighted by Gasteiger charge is -2.37. The third-order valence-corrected chi connectivity index (χ3v) is 6.53. The smallest absolute Gasteiger partial charge is 0.183 e. The van der Waals surface area contributed by atoms with E-state index in [4.69, 9.17) is 10.1 Å². The molecule has 0 radical (unpaired) electrons. The fraction of sp³-hybridized carbons (Fsp3) is 0.480. The molecule has 4 rings (SSSR count). The van der Waals surface area contributed by atoms with Crippen molar-refractivity contribution in [1.29, 1.82) is 0 Å². The van der Waals surface area contributed by atoms with Crippen molar-refractivity contribution in [3.8, 4) is 0 Å². The quantitative estimate of drug-likeness (QED) is 0.310. The van der Waals surface area contributed by atoms with E-state index in [-0.39, 0.29) is 12.4 Å². The average Bonchev–Trinajstić information content (AvgIpc) is 3.16. The number of nitrogens with zero attached hydrogens (tertiary/aromatic N) is 4. The number of aromatic nitrogens is 2. The lowest BCUT2D eigenvalue weighted by atomic mass is 10.0. The first-order chi connectivity index (χ1) is 16.0. The van der Waals surface area contributed by atoms with Crippen LogP contribution >= 0.6 is 0 Å². The molecule has 8 heteroatoms. The number of aliphatic hydroxyl groups excluding tert-OH is 1. The van der Waals surface area contributed by atoms with Gasteiger partial charge in [0.2, 0.25) is 0 Å². The van der Waals surface area contributed by atoms with Gasteiger partial charge in [-0.15, -0.1) is 5.10 Å². The van der Waals surface area contributed by atoms with Crippen LogP contribution in [0.15, 0.2) is 52.8 Å². The molecular weight excluding hydrogens is 416 g/mol. The second-order valence-electron chi connectivity index (χ2n) is 9.26. The minimum absolute atomic E-state index is 0.0253. The van der Waals surface area contributed by atoms with Gasteiger partial charge in [0, 0.05) is 31.8 Å². The molecule has 0 atom stereocenters. The lowest BCUT2D eigenvalue weighted by Crippen LogP contribution is -2.48. The number of ketones is 1. The molecule has 0 saturated carbocycles. The van der Waals surface area contributed by atoms with E-state index in [9.17, 15) is 9.90 Å². The van der Waals surface area contributed by atoms with Crippen LogP contribution in [0.2, 0.25) is 0 Å². The molecule has 0 amide bonds. The molecular formula is C25H35N6O2+. The predicted octanol–water partition coefficient (Wildman–Crippen LogP) is 2.83. The van der Waals surface area contributed by atoms with Gasteiger partial charge in [0.05, 0.1) is 50.2 Å². The number of piperidine rings is 1. The number of quaternary nitrogens is 1. The lowest BCUT2D eigenvalue weighted by molar-refractivity contribution is -0.914. The summed E-state index contributed by atoms with van der Waals surface area (Å²) in [6.07, 6.45) is 10.3. The van der Waals surface area contributed by atoms with Crippen LogP contribution in [0.1, 0.15) is 32.6 Å². The topological polar surface area (TPSA) is 91.0 Å². The predicted molar refractivity (Wildman–Crippen MR) is 132 cm³/mol. The molecule has 33 heavy (non-hydrogen) atoms. The summed E-state index contributed by atoms with van der Waals surface area (Å²) in [6, 6.07) is 5.91. The highest BCUT2D eigenvalue weighted by molar-refractivity contribution is 6.22. The second-order valence-corrected chi connectivity index (χ2v) is 9.26. The Hall–Kier alpha value is -2.97. The van der Waals surface area contributed by atoms with Crippen molar-refractivity contribution in [2.24, 2.45) is 4.99 Å². The van der Waals surface area contributed by atoms with Gasteiger partial charge >= 0.3 is 0 Å². The number of pyridine rings is 1. The number of allylic oxidation sites excluding steroid dienone is 3. The number of carbonyl (C=O) groups excluding carboxylic acids is 1. The summed E-state index contributed by atoms with van der Waals surface area (Å²) < 4.78 is 2.99. The molecule has 0 unspecified atom stereocenters. The van der Waals surface area contributed by atoms with Crippen LogP contribution in [-0.2, 0) is 4.79 Å². The number of aliphatic imine (C=N–C) groups is 1. The molecule has 3 N–H and O–H groups in total. The Morgan fingerprint density at radius 3 is 2.76 bits per heavy atom. The highest BCUT2D eigenvalue weighted by atomic mass is 16.3. The van der Waals surface area contributed by atoms with Crippen molar-refractivity contribution in [1.82, 2.24) is 14.9 Å². The van der Waals surface area contributed by atoms with Crippen molar-refractivity contribution in [3.05, 3.63) is 47.8 Å². The van der Waals surface area contributed by atoms with E-state index in [1.165, 1.54) is 32.4 Å². The van der Waals surface area contributed by atoms with Gasteiger partial charge in [0.25, 0.3) is 0 Å². The first kappa shape index (κ1) is 23.2. The third-order valence-electron chi connectivity index (χ3n) is 6.53. The molecule has 8 nitrogen and oxygen atoms in total. The van der Waals surface area contributed by atoms with Gasteiger partial charge in [0.15, 0.2) is 11.6 Å². The fourth-order valence-corrected chi connectivity index (χ4v) is 4.60. The van der Waals surface area contributed by atoms with Gasteiger partial charge in [0.1, 0.15) is 5.69 Å². The van der Waals surface area contributed by atoms with E-state index in [2.05, 4.69) is 17.7 Å². The number of aliphatic hydroxyl groups is 1. The van der Waals surface area contributed by atoms with Crippen LogP contribution in [0.25, 0.3) is 5.52 Å². The normalized spacial score (nSPS) is 19.5. The van der Waals surface area contributed by atoms with Gasteiger partial charge in [-0.3, -0.25) is 4.79 Å². The van der Waals surface area contributed by atoms with Crippen molar-refractivity contribution in [2.45, 2.75) is 32.6 Å². The first-order valence-electron chi connectivity index (χ1n) is 11.9. The number of fused-ring (bicyclic) bond motifs is 1. The third kappa shape index (κ3) is 5.51. The summed E-state index contributed by atoms with van der Waals surface area (Å²) in [5.41, 5.74) is 3.55. The van der Waals surface area contributed by atoms with Crippen LogP contribution in [0.4, 0.5) is 11.5 Å². The van der Waals surface area contributed by atoms with E-state index < -0.39 is 0 Å². The second kappa shape index (κ2) is 10.3. The Balaban J connectivity index is 1.57. The number of hydrogen-bond donors (Lipinski definition) is 3. The summed E-state index contributed by atoms with van der Waals surface area (Å²) >= 11 is 0. The minimum Gasteiger partial charge on any atom is -0.395 e. The molecule has 2 aromatic rings. The van der Waals surface area contributed by atoms with Crippen molar-refractivity contribution in [2.75, 3.05) is 51.7 Å². The first-order valence-corrected chi connectivity index (χ1v) is 11.9. The number of rotatable bonds is 9. The molecule has 1 saturated heterocycles. The maximum absolute atomic E-state index is 12.2. The van der Waals surface area contributed by atoms with E-state index in [1.54, 1.807) is 19.1 Å². The molecule has 1 fully saturated rings. The van der Waals surface area contributed by atoms with Crippen molar-refractivity contribution >= 4 is 28.5 Å². The number of anilines is 1. The van der Waals surface area contributed by atoms with Gasteiger partial charge in [-0.1, -0.05) is 6.07 Å². The molecule has 0 aromatic carbocycles. The Bertz CT molecular complexity index is 1090. The zero-order valence-electron chi connectivity index (χ0n) is 19.7. The highest BCUT2D eigenvalue weighted by Gasteiger charge is 2.24. The van der Waals surface area contributed by atoms with Gasteiger partial charge in [-0.05, 0) is 50.0 Å². The summed E-state index contributed by atoms with van der Waals surface area (Å²) in [5, 5.41) is 20.6. The Labute approximate surface area is 195 Å². The van der Waals surface area contributed by atoms with Crippen LogP contribution in [-0.4, -0.2) is 77.1 Å². The molecule has 1 aliphatic carbocycles. The molecule has 2 aromatic heterocycles. The maximum Gasteiger partial charge on any atom is 0.183 e. The van der Waals surface area contributed by atoms with Crippen molar-refractivity contribution < 1.29 is 14.4 Å². The highest BCUT2D eigenvalue weighted by Crippen LogP contribution is 2.31. The molecule has 1 aliphatic heterocycles.